The van der Waals surface area contributed by atoms with Gasteiger partial charge < -0.3 is 19.7 Å². The van der Waals surface area contributed by atoms with Crippen LogP contribution in [0.2, 0.25) is 0 Å². The van der Waals surface area contributed by atoms with Crippen LogP contribution in [0.5, 0.6) is 11.6 Å². The molecule has 1 aromatic carbocycles. The Morgan fingerprint density at radius 1 is 1.16 bits per heavy atom. The molecule has 4 heterocycles. The van der Waals surface area contributed by atoms with Gasteiger partial charge in [-0.05, 0) is 31.0 Å². The molecule has 9 heteroatoms. The third kappa shape index (κ3) is 3.95. The molecule has 0 amide bonds. The van der Waals surface area contributed by atoms with Crippen LogP contribution in [0.4, 0.5) is 4.39 Å². The number of hydrogen-bond acceptors (Lipinski definition) is 7. The summed E-state index contributed by atoms with van der Waals surface area (Å²) < 4.78 is 21.9. The zero-order valence-electron chi connectivity index (χ0n) is 17.6. The number of piperidine rings is 2. The van der Waals surface area contributed by atoms with E-state index < -0.39 is 12.3 Å². The van der Waals surface area contributed by atoms with Crippen LogP contribution < -0.4 is 15.6 Å². The van der Waals surface area contributed by atoms with Gasteiger partial charge in [-0.2, -0.15) is 0 Å². The number of benzene rings is 1. The Bertz CT molecular complexity index is 1180. The average Bonchev–Trinajstić information content (AvgIpc) is 2.80. The summed E-state index contributed by atoms with van der Waals surface area (Å²) in [6.45, 7) is 0. The maximum absolute atomic E-state index is 14.7. The second-order valence-corrected chi connectivity index (χ2v) is 8.45. The summed E-state index contributed by atoms with van der Waals surface area (Å²) in [5.74, 6) is 0.254. The molecule has 166 valence electrons. The quantitative estimate of drug-likeness (QED) is 0.647. The average molecular weight is 437 g/mol. The van der Waals surface area contributed by atoms with Gasteiger partial charge in [-0.3, -0.25) is 4.79 Å². The van der Waals surface area contributed by atoms with E-state index in [0.717, 1.165) is 19.3 Å². The SMILES string of the molecule is Cn1cnc(-c2ccc(-c3ccc(O[C@@H]4CC5CCCC(N5)[C@@H]4F)nn3)c(O)c2)cc1=O. The number of aromatic nitrogens is 4. The number of rotatable bonds is 4. The topological polar surface area (TPSA) is 102 Å². The lowest BCUT2D eigenvalue weighted by Crippen LogP contribution is -2.59. The molecule has 8 nitrogen and oxygen atoms in total. The number of nitrogens with one attached hydrogen (secondary N) is 1. The van der Waals surface area contributed by atoms with E-state index in [4.69, 9.17) is 4.74 Å². The number of hydrogen-bond donors (Lipinski definition) is 2. The summed E-state index contributed by atoms with van der Waals surface area (Å²) in [7, 11) is 1.62. The first kappa shape index (κ1) is 20.6. The summed E-state index contributed by atoms with van der Waals surface area (Å²) in [4.78, 5) is 16.1. The van der Waals surface area contributed by atoms with E-state index >= 15 is 0 Å². The van der Waals surface area contributed by atoms with Gasteiger partial charge in [0, 0.05) is 48.8 Å². The Balaban J connectivity index is 1.32. The summed E-state index contributed by atoms with van der Waals surface area (Å²) in [5.41, 5.74) is 1.83. The van der Waals surface area contributed by atoms with E-state index in [0.29, 0.717) is 28.9 Å². The van der Waals surface area contributed by atoms with E-state index in [2.05, 4.69) is 20.5 Å². The largest absolute Gasteiger partial charge is 0.507 e. The number of fused-ring (bicyclic) bond motifs is 2. The number of phenols is 1. The van der Waals surface area contributed by atoms with Crippen molar-refractivity contribution in [1.82, 2.24) is 25.1 Å². The lowest BCUT2D eigenvalue weighted by molar-refractivity contribution is 0.00652. The number of aryl methyl sites for hydroxylation is 1. The number of alkyl halides is 1. The zero-order chi connectivity index (χ0) is 22.2. The van der Waals surface area contributed by atoms with Crippen LogP contribution >= 0.6 is 0 Å². The fourth-order valence-corrected chi connectivity index (χ4v) is 4.48. The summed E-state index contributed by atoms with van der Waals surface area (Å²) >= 11 is 0. The lowest BCUT2D eigenvalue weighted by atomic mass is 9.84. The van der Waals surface area contributed by atoms with E-state index in [1.165, 1.54) is 23.0 Å². The van der Waals surface area contributed by atoms with Gasteiger partial charge in [0.2, 0.25) is 5.88 Å². The monoisotopic (exact) mass is 437 g/mol. The number of aromatic hydroxyl groups is 1. The Morgan fingerprint density at radius 2 is 2.03 bits per heavy atom. The standard InChI is InChI=1S/C23H24FN5O3/c1-29-12-25-18(11-22(29)31)13-5-6-15(19(30)9-13)16-7-8-21(28-27-16)32-20-10-14-3-2-4-17(26-14)23(20)24/h5-9,11-12,14,17,20,23,26,30H,2-4,10H2,1H3/t14?,17?,20-,23+/m1/s1. The third-order valence-corrected chi connectivity index (χ3v) is 6.23. The zero-order valence-corrected chi connectivity index (χ0v) is 17.6. The number of nitrogens with zero attached hydrogens (tertiary/aromatic N) is 4. The molecule has 2 N–H and O–H groups in total. The molecule has 0 spiro atoms. The van der Waals surface area contributed by atoms with Gasteiger partial charge in [0.05, 0.1) is 17.7 Å². The molecule has 32 heavy (non-hydrogen) atoms. The van der Waals surface area contributed by atoms with Crippen LogP contribution in [0.1, 0.15) is 25.7 Å². The molecule has 2 aromatic heterocycles. The Kier molecular flexibility index (Phi) is 5.34. The van der Waals surface area contributed by atoms with Gasteiger partial charge in [0.1, 0.15) is 11.9 Å². The highest BCUT2D eigenvalue weighted by atomic mass is 19.1. The first-order valence-corrected chi connectivity index (χ1v) is 10.7. The van der Waals surface area contributed by atoms with Crippen molar-refractivity contribution in [3.63, 3.8) is 0 Å². The molecule has 2 aliphatic heterocycles. The van der Waals surface area contributed by atoms with Gasteiger partial charge in [-0.15, -0.1) is 10.2 Å². The maximum Gasteiger partial charge on any atom is 0.253 e. The third-order valence-electron chi connectivity index (χ3n) is 6.23. The molecule has 5 rings (SSSR count). The Morgan fingerprint density at radius 3 is 2.78 bits per heavy atom. The highest BCUT2D eigenvalue weighted by Crippen LogP contribution is 2.33. The smallest absolute Gasteiger partial charge is 0.253 e. The van der Waals surface area contributed by atoms with Crippen molar-refractivity contribution in [3.05, 3.63) is 53.1 Å². The van der Waals surface area contributed by atoms with Crippen molar-refractivity contribution in [2.75, 3.05) is 0 Å². The minimum atomic E-state index is -1.08. The molecule has 0 radical (unpaired) electrons. The van der Waals surface area contributed by atoms with E-state index in [-0.39, 0.29) is 29.3 Å². The van der Waals surface area contributed by atoms with E-state index in [1.807, 2.05) is 0 Å². The fourth-order valence-electron chi connectivity index (χ4n) is 4.48. The first-order valence-electron chi connectivity index (χ1n) is 10.7. The van der Waals surface area contributed by atoms with E-state index in [9.17, 15) is 14.3 Å². The van der Waals surface area contributed by atoms with Crippen LogP contribution in [0.25, 0.3) is 22.5 Å². The summed E-state index contributed by atoms with van der Waals surface area (Å²) in [6.07, 6.45) is 3.34. The van der Waals surface area contributed by atoms with E-state index in [1.54, 1.807) is 31.3 Å². The predicted molar refractivity (Wildman–Crippen MR) is 116 cm³/mol. The minimum Gasteiger partial charge on any atom is -0.507 e. The van der Waals surface area contributed by atoms with Crippen molar-refractivity contribution >= 4 is 0 Å². The second-order valence-electron chi connectivity index (χ2n) is 8.45. The number of ether oxygens (including phenoxy) is 1. The van der Waals surface area contributed by atoms with Crippen LogP contribution in [-0.4, -0.2) is 49.2 Å². The molecular weight excluding hydrogens is 413 g/mol. The summed E-state index contributed by atoms with van der Waals surface area (Å²) in [5, 5.41) is 22.1. The van der Waals surface area contributed by atoms with Crippen molar-refractivity contribution in [2.45, 2.75) is 50.0 Å². The minimum absolute atomic E-state index is 0.0112. The number of phenolic OH excluding ortho intramolecular Hbond substituents is 1. The van der Waals surface area contributed by atoms with Crippen molar-refractivity contribution in [3.8, 4) is 34.1 Å². The predicted octanol–water partition coefficient (Wildman–Crippen LogP) is 2.61. The molecule has 2 bridgehead atoms. The molecule has 2 saturated heterocycles. The van der Waals surface area contributed by atoms with Gasteiger partial charge >= 0.3 is 0 Å². The van der Waals surface area contributed by atoms with Crippen LogP contribution in [0.3, 0.4) is 0 Å². The molecule has 4 atom stereocenters. The normalized spacial score (nSPS) is 24.8. The van der Waals surface area contributed by atoms with Gasteiger partial charge in [0.15, 0.2) is 6.17 Å². The molecule has 2 fully saturated rings. The number of halogens is 1. The fraction of sp³-hybridized carbons (Fsp3) is 0.391. The van der Waals surface area contributed by atoms with Crippen molar-refractivity contribution < 1.29 is 14.2 Å². The van der Waals surface area contributed by atoms with Gasteiger partial charge in [0.25, 0.3) is 5.56 Å². The second kappa shape index (κ2) is 8.31. The van der Waals surface area contributed by atoms with Crippen LogP contribution in [-0.2, 0) is 7.05 Å². The van der Waals surface area contributed by atoms with Crippen molar-refractivity contribution in [1.29, 1.82) is 0 Å². The molecule has 2 unspecified atom stereocenters. The highest BCUT2D eigenvalue weighted by Gasteiger charge is 2.41. The molecular formula is C23H24FN5O3. The van der Waals surface area contributed by atoms with Gasteiger partial charge in [-0.25, -0.2) is 9.37 Å². The van der Waals surface area contributed by atoms with Crippen molar-refractivity contribution in [2.24, 2.45) is 7.05 Å². The van der Waals surface area contributed by atoms with Gasteiger partial charge in [-0.1, -0.05) is 12.5 Å². The summed E-state index contributed by atoms with van der Waals surface area (Å²) in [6, 6.07) is 9.84. The molecule has 0 saturated carbocycles. The lowest BCUT2D eigenvalue weighted by Gasteiger charge is -2.42. The molecule has 3 aromatic rings. The van der Waals surface area contributed by atoms with Crippen LogP contribution in [0, 0.1) is 0 Å². The first-order chi connectivity index (χ1) is 15.5. The highest BCUT2D eigenvalue weighted by molar-refractivity contribution is 5.72. The molecule has 0 aliphatic carbocycles. The Labute approximate surface area is 184 Å². The molecule has 2 aliphatic rings. The Hall–Kier alpha value is -3.33. The maximum atomic E-state index is 14.7. The van der Waals surface area contributed by atoms with Crippen LogP contribution in [0.15, 0.2) is 47.5 Å².